The first kappa shape index (κ1) is 26.9. The fraction of sp³-hybridized carbons (Fsp3) is 0.423. The summed E-state index contributed by atoms with van der Waals surface area (Å²) in [7, 11) is 1.77. The highest BCUT2D eigenvalue weighted by Crippen LogP contribution is 2.47. The molecule has 2 aliphatic heterocycles. The number of amides is 2. The van der Waals surface area contributed by atoms with Crippen LogP contribution in [0.25, 0.3) is 5.57 Å². The van der Waals surface area contributed by atoms with Crippen LogP contribution < -0.4 is 10.1 Å². The van der Waals surface area contributed by atoms with Crippen molar-refractivity contribution < 1.29 is 38.5 Å². The van der Waals surface area contributed by atoms with Gasteiger partial charge >= 0.3 is 18.0 Å². The number of aromatic nitrogens is 2. The van der Waals surface area contributed by atoms with Gasteiger partial charge in [0.2, 0.25) is 12.7 Å². The first-order valence-corrected chi connectivity index (χ1v) is 12.0. The number of ether oxygens (including phenoxy) is 3. The highest BCUT2D eigenvalue weighted by molar-refractivity contribution is 6.06. The van der Waals surface area contributed by atoms with E-state index in [1.54, 1.807) is 62.8 Å². The maximum atomic E-state index is 13.0. The van der Waals surface area contributed by atoms with Gasteiger partial charge in [-0.05, 0) is 57.4 Å². The quantitative estimate of drug-likeness (QED) is 0.315. The van der Waals surface area contributed by atoms with E-state index in [0.717, 1.165) is 0 Å². The van der Waals surface area contributed by atoms with Crippen molar-refractivity contribution in [1.82, 2.24) is 14.5 Å². The molecule has 0 unspecified atom stereocenters. The Morgan fingerprint density at radius 1 is 1.18 bits per heavy atom. The van der Waals surface area contributed by atoms with E-state index in [2.05, 4.69) is 10.3 Å². The minimum Gasteiger partial charge on any atom is -0.427 e. The summed E-state index contributed by atoms with van der Waals surface area (Å²) in [5.41, 5.74) is 0.395. The van der Waals surface area contributed by atoms with Crippen molar-refractivity contribution in [3.8, 4) is 5.75 Å². The number of benzene rings is 1. The van der Waals surface area contributed by atoms with Crippen LogP contribution in [0, 0.1) is 11.3 Å². The van der Waals surface area contributed by atoms with Crippen LogP contribution in [0.4, 0.5) is 10.6 Å². The third kappa shape index (κ3) is 5.40. The van der Waals surface area contributed by atoms with Gasteiger partial charge in [-0.15, -0.1) is 0 Å². The number of aryl methyl sites for hydroxylation is 1. The molecule has 0 bridgehead atoms. The SMILES string of the molecule is C[C@@H](O)[C@H]1C(=O)N2C(C(=O)OCOC(=O)C(C)(C)C)=C(c3ccc(OC(=O)Nc4cn(C)cn4)cc3)C[C@H]12. The maximum Gasteiger partial charge on any atom is 0.418 e. The Morgan fingerprint density at radius 2 is 1.87 bits per heavy atom. The Hall–Kier alpha value is -4.19. The third-order valence-corrected chi connectivity index (χ3v) is 6.26. The average Bonchev–Trinajstić information content (AvgIpc) is 3.39. The lowest BCUT2D eigenvalue weighted by Crippen LogP contribution is -2.61. The number of aliphatic hydroxyl groups excluding tert-OH is 1. The molecule has 202 valence electrons. The van der Waals surface area contributed by atoms with Gasteiger partial charge in [0.15, 0.2) is 5.82 Å². The Balaban J connectivity index is 1.51. The number of esters is 2. The van der Waals surface area contributed by atoms with Gasteiger partial charge in [0, 0.05) is 13.2 Å². The lowest BCUT2D eigenvalue weighted by Gasteiger charge is -2.44. The predicted molar refractivity (Wildman–Crippen MR) is 133 cm³/mol. The topological polar surface area (TPSA) is 149 Å². The van der Waals surface area contributed by atoms with Crippen LogP contribution in [0.5, 0.6) is 5.75 Å². The van der Waals surface area contributed by atoms with Crippen molar-refractivity contribution in [2.75, 3.05) is 12.1 Å². The highest BCUT2D eigenvalue weighted by atomic mass is 16.7. The first-order valence-electron chi connectivity index (χ1n) is 12.0. The van der Waals surface area contributed by atoms with Gasteiger partial charge in [0.1, 0.15) is 11.4 Å². The number of hydrogen-bond donors (Lipinski definition) is 2. The maximum absolute atomic E-state index is 13.0. The van der Waals surface area contributed by atoms with E-state index in [0.29, 0.717) is 23.4 Å². The molecule has 3 heterocycles. The first-order chi connectivity index (χ1) is 17.9. The normalized spacial score (nSPS) is 19.4. The summed E-state index contributed by atoms with van der Waals surface area (Å²) in [4.78, 5) is 55.3. The number of carbonyl (C=O) groups is 4. The smallest absolute Gasteiger partial charge is 0.418 e. The minimum atomic E-state index is -0.887. The van der Waals surface area contributed by atoms with Gasteiger partial charge in [0.05, 0.1) is 29.8 Å². The van der Waals surface area contributed by atoms with Gasteiger partial charge in [-0.3, -0.25) is 14.9 Å². The molecule has 1 saturated heterocycles. The molecule has 38 heavy (non-hydrogen) atoms. The molecule has 12 heteroatoms. The van der Waals surface area contributed by atoms with Crippen LogP contribution in [0.15, 0.2) is 42.5 Å². The van der Waals surface area contributed by atoms with E-state index in [1.165, 1.54) is 18.2 Å². The molecule has 0 radical (unpaired) electrons. The van der Waals surface area contributed by atoms with E-state index in [4.69, 9.17) is 14.2 Å². The number of fused-ring (bicyclic) bond motifs is 1. The van der Waals surface area contributed by atoms with Gasteiger partial charge < -0.3 is 28.8 Å². The number of anilines is 1. The molecule has 1 fully saturated rings. The summed E-state index contributed by atoms with van der Waals surface area (Å²) >= 11 is 0. The summed E-state index contributed by atoms with van der Waals surface area (Å²) in [6.45, 7) is 5.94. The molecule has 1 aromatic heterocycles. The second-order valence-corrected chi connectivity index (χ2v) is 10.3. The van der Waals surface area contributed by atoms with E-state index in [1.807, 2.05) is 0 Å². The molecule has 4 rings (SSSR count). The van der Waals surface area contributed by atoms with Crippen molar-refractivity contribution in [2.45, 2.75) is 46.3 Å². The number of imidazole rings is 1. The van der Waals surface area contributed by atoms with Gasteiger partial charge in [-0.2, -0.15) is 0 Å². The molecular weight excluding hydrogens is 496 g/mol. The Kier molecular flexibility index (Phi) is 7.27. The zero-order chi connectivity index (χ0) is 27.8. The minimum absolute atomic E-state index is 0.0327. The summed E-state index contributed by atoms with van der Waals surface area (Å²) in [5.74, 6) is -1.81. The Labute approximate surface area is 219 Å². The second kappa shape index (κ2) is 10.3. The van der Waals surface area contributed by atoms with Crippen LogP contribution in [-0.2, 0) is 30.9 Å². The number of hydrogen-bond acceptors (Lipinski definition) is 9. The second-order valence-electron chi connectivity index (χ2n) is 10.3. The van der Waals surface area contributed by atoms with Crippen molar-refractivity contribution in [1.29, 1.82) is 0 Å². The van der Waals surface area contributed by atoms with Crippen LogP contribution in [0.1, 0.15) is 39.7 Å². The molecule has 1 aromatic carbocycles. The highest BCUT2D eigenvalue weighted by Gasteiger charge is 2.57. The van der Waals surface area contributed by atoms with E-state index in [9.17, 15) is 24.3 Å². The Morgan fingerprint density at radius 3 is 2.45 bits per heavy atom. The monoisotopic (exact) mass is 526 g/mol. The summed E-state index contributed by atoms with van der Waals surface area (Å²) in [5, 5.41) is 12.6. The molecule has 0 saturated carbocycles. The summed E-state index contributed by atoms with van der Waals surface area (Å²) < 4.78 is 17.2. The van der Waals surface area contributed by atoms with Crippen molar-refractivity contribution >= 4 is 35.3 Å². The zero-order valence-electron chi connectivity index (χ0n) is 21.8. The predicted octanol–water partition coefficient (Wildman–Crippen LogP) is 2.44. The van der Waals surface area contributed by atoms with Gasteiger partial charge in [-0.25, -0.2) is 14.6 Å². The third-order valence-electron chi connectivity index (χ3n) is 6.26. The number of nitrogens with zero attached hydrogens (tertiary/aromatic N) is 3. The Bertz CT molecular complexity index is 1290. The number of rotatable bonds is 7. The van der Waals surface area contributed by atoms with Gasteiger partial charge in [0.25, 0.3) is 0 Å². The fourth-order valence-corrected chi connectivity index (χ4v) is 4.38. The van der Waals surface area contributed by atoms with E-state index in [-0.39, 0.29) is 17.4 Å². The molecule has 0 spiro atoms. The van der Waals surface area contributed by atoms with Crippen molar-refractivity contribution in [3.05, 3.63) is 48.1 Å². The standard InChI is InChI=1S/C26H30N4O8/c1-14(31)20-18-10-17(21(30(18)22(20)32)23(33)36-13-37-24(34)26(2,3)4)15-6-8-16(9-7-15)38-25(35)28-19-11-29(5)12-27-19/h6-9,11-12,14,18,20,31H,10,13H2,1-5H3,(H,28,35)/t14-,18-,20-/m1/s1. The number of β-lactam (4-membered cyclic amide) rings is 1. The van der Waals surface area contributed by atoms with Crippen LogP contribution in [0.3, 0.4) is 0 Å². The van der Waals surface area contributed by atoms with Gasteiger partial charge in [-0.1, -0.05) is 12.1 Å². The molecular formula is C26H30N4O8. The summed E-state index contributed by atoms with van der Waals surface area (Å²) in [6, 6.07) is 6.01. The molecule has 2 aromatic rings. The average molecular weight is 527 g/mol. The molecule has 2 aliphatic rings. The molecule has 0 aliphatic carbocycles. The lowest BCUT2D eigenvalue weighted by molar-refractivity contribution is -0.175. The lowest BCUT2D eigenvalue weighted by atomic mass is 9.82. The molecule has 2 amide bonds. The van der Waals surface area contributed by atoms with Crippen LogP contribution in [-0.4, -0.2) is 62.4 Å². The van der Waals surface area contributed by atoms with Crippen LogP contribution >= 0.6 is 0 Å². The van der Waals surface area contributed by atoms with E-state index >= 15 is 0 Å². The fourth-order valence-electron chi connectivity index (χ4n) is 4.38. The largest absolute Gasteiger partial charge is 0.427 e. The number of aliphatic hydroxyl groups is 1. The van der Waals surface area contributed by atoms with Crippen LogP contribution in [0.2, 0.25) is 0 Å². The molecule has 12 nitrogen and oxygen atoms in total. The summed E-state index contributed by atoms with van der Waals surface area (Å²) in [6.07, 6.45) is 1.86. The number of carbonyl (C=O) groups excluding carboxylic acids is 4. The molecule has 2 N–H and O–H groups in total. The van der Waals surface area contributed by atoms with Crippen molar-refractivity contribution in [2.24, 2.45) is 18.4 Å². The van der Waals surface area contributed by atoms with Crippen molar-refractivity contribution in [3.63, 3.8) is 0 Å². The zero-order valence-corrected chi connectivity index (χ0v) is 21.8. The molecule has 3 atom stereocenters. The van der Waals surface area contributed by atoms with E-state index < -0.39 is 48.3 Å². The number of nitrogens with one attached hydrogen (secondary N) is 1.